The molecule has 2 N–H and O–H groups in total. The van der Waals surface area contributed by atoms with Gasteiger partial charge in [0.2, 0.25) is 0 Å². The highest BCUT2D eigenvalue weighted by Gasteiger charge is 2.46. The van der Waals surface area contributed by atoms with Gasteiger partial charge < -0.3 is 15.0 Å². The van der Waals surface area contributed by atoms with Crippen LogP contribution in [0, 0.1) is 5.41 Å². The molecule has 21 heavy (non-hydrogen) atoms. The minimum absolute atomic E-state index is 0.120. The van der Waals surface area contributed by atoms with Crippen LogP contribution in [0.3, 0.4) is 0 Å². The summed E-state index contributed by atoms with van der Waals surface area (Å²) in [4.78, 5) is 23.6. The number of aromatic nitrogens is 1. The van der Waals surface area contributed by atoms with E-state index in [1.165, 1.54) is 22.9 Å². The number of nitrogens with zero attached hydrogens (tertiary/aromatic N) is 1. The van der Waals surface area contributed by atoms with E-state index in [4.69, 9.17) is 0 Å². The first-order chi connectivity index (χ1) is 9.84. The zero-order valence-electron chi connectivity index (χ0n) is 11.7. The van der Waals surface area contributed by atoms with Crippen LogP contribution in [0.25, 0.3) is 0 Å². The van der Waals surface area contributed by atoms with Crippen molar-refractivity contribution in [3.8, 4) is 0 Å². The van der Waals surface area contributed by atoms with Crippen molar-refractivity contribution in [3.63, 3.8) is 0 Å². The molecule has 1 aromatic rings. The van der Waals surface area contributed by atoms with Crippen LogP contribution in [0.4, 0.5) is 8.78 Å². The molecule has 0 aliphatic heterocycles. The molecule has 1 aliphatic carbocycles. The zero-order valence-corrected chi connectivity index (χ0v) is 11.7. The predicted octanol–water partition coefficient (Wildman–Crippen LogP) is 2.13. The molecule has 7 heteroatoms. The van der Waals surface area contributed by atoms with Crippen molar-refractivity contribution in [2.45, 2.75) is 45.2 Å². The van der Waals surface area contributed by atoms with Gasteiger partial charge in [-0.25, -0.2) is 8.78 Å². The number of rotatable bonds is 5. The van der Waals surface area contributed by atoms with Gasteiger partial charge in [-0.3, -0.25) is 9.59 Å². The first-order valence-corrected chi connectivity index (χ1v) is 6.82. The van der Waals surface area contributed by atoms with Gasteiger partial charge in [-0.15, -0.1) is 0 Å². The van der Waals surface area contributed by atoms with Gasteiger partial charge in [-0.1, -0.05) is 6.42 Å². The van der Waals surface area contributed by atoms with Crippen molar-refractivity contribution < 1.29 is 23.5 Å². The SMILES string of the molecule is CC1(C(=O)O)CCCC1NC(=O)c1cccn1CC(F)F. The second kappa shape index (κ2) is 5.83. The maximum Gasteiger partial charge on any atom is 0.311 e. The van der Waals surface area contributed by atoms with Crippen molar-refractivity contribution in [2.75, 3.05) is 0 Å². The molecule has 0 spiro atoms. The monoisotopic (exact) mass is 300 g/mol. The number of hydrogen-bond donors (Lipinski definition) is 2. The molecule has 116 valence electrons. The fourth-order valence-corrected chi connectivity index (χ4v) is 2.81. The Morgan fingerprint density at radius 1 is 1.57 bits per heavy atom. The van der Waals surface area contributed by atoms with Gasteiger partial charge in [0.05, 0.1) is 12.0 Å². The third kappa shape index (κ3) is 3.06. The van der Waals surface area contributed by atoms with E-state index in [0.717, 1.165) is 0 Å². The minimum Gasteiger partial charge on any atom is -0.481 e. The number of halogens is 2. The van der Waals surface area contributed by atoms with Crippen molar-refractivity contribution in [3.05, 3.63) is 24.0 Å². The lowest BCUT2D eigenvalue weighted by Crippen LogP contribution is -2.47. The molecular formula is C14H18F2N2O3. The number of nitrogens with one attached hydrogen (secondary N) is 1. The van der Waals surface area contributed by atoms with Crippen LogP contribution >= 0.6 is 0 Å². The van der Waals surface area contributed by atoms with E-state index in [1.807, 2.05) is 0 Å². The topological polar surface area (TPSA) is 71.3 Å². The molecule has 5 nitrogen and oxygen atoms in total. The van der Waals surface area contributed by atoms with Gasteiger partial charge >= 0.3 is 5.97 Å². The van der Waals surface area contributed by atoms with E-state index in [2.05, 4.69) is 5.32 Å². The molecule has 1 aromatic heterocycles. The Bertz CT molecular complexity index is 544. The normalized spacial score (nSPS) is 25.2. The van der Waals surface area contributed by atoms with Gasteiger partial charge in [-0.05, 0) is 31.9 Å². The van der Waals surface area contributed by atoms with E-state index in [9.17, 15) is 23.5 Å². The Balaban J connectivity index is 2.12. The van der Waals surface area contributed by atoms with Crippen LogP contribution in [0.1, 0.15) is 36.7 Å². The van der Waals surface area contributed by atoms with Crippen LogP contribution in [0.5, 0.6) is 0 Å². The molecule has 0 radical (unpaired) electrons. The third-order valence-corrected chi connectivity index (χ3v) is 4.15. The number of carbonyl (C=O) groups excluding carboxylic acids is 1. The Kier molecular flexibility index (Phi) is 4.29. The summed E-state index contributed by atoms with van der Waals surface area (Å²) in [6.45, 7) is 1.04. The Labute approximate surface area is 120 Å². The Morgan fingerprint density at radius 2 is 2.29 bits per heavy atom. The van der Waals surface area contributed by atoms with Gasteiger partial charge in [0, 0.05) is 12.2 Å². The van der Waals surface area contributed by atoms with Crippen molar-refractivity contribution in [1.82, 2.24) is 9.88 Å². The summed E-state index contributed by atoms with van der Waals surface area (Å²) >= 11 is 0. The van der Waals surface area contributed by atoms with E-state index in [0.29, 0.717) is 19.3 Å². The third-order valence-electron chi connectivity index (χ3n) is 4.15. The Hall–Kier alpha value is -1.92. The molecule has 2 unspecified atom stereocenters. The highest BCUT2D eigenvalue weighted by Crippen LogP contribution is 2.38. The summed E-state index contributed by atoms with van der Waals surface area (Å²) in [7, 11) is 0. The van der Waals surface area contributed by atoms with Crippen LogP contribution in [-0.2, 0) is 11.3 Å². The molecule has 0 saturated heterocycles. The van der Waals surface area contributed by atoms with Crippen molar-refractivity contribution in [2.24, 2.45) is 5.41 Å². The lowest BCUT2D eigenvalue weighted by atomic mass is 9.85. The largest absolute Gasteiger partial charge is 0.481 e. The fourth-order valence-electron chi connectivity index (χ4n) is 2.81. The van der Waals surface area contributed by atoms with Gasteiger partial charge in [0.15, 0.2) is 0 Å². The van der Waals surface area contributed by atoms with Crippen LogP contribution in [0.2, 0.25) is 0 Å². The number of carbonyl (C=O) groups is 2. The van der Waals surface area contributed by atoms with Crippen molar-refractivity contribution >= 4 is 11.9 Å². The number of hydrogen-bond acceptors (Lipinski definition) is 2. The summed E-state index contributed by atoms with van der Waals surface area (Å²) in [5, 5.41) is 12.0. The van der Waals surface area contributed by atoms with Crippen LogP contribution in [0.15, 0.2) is 18.3 Å². The standard InChI is InChI=1S/C14H18F2N2O3/c1-14(13(20)21)6-2-5-10(14)17-12(19)9-4-3-7-18(9)8-11(15)16/h3-4,7,10-11H,2,5-6,8H2,1H3,(H,17,19)(H,20,21). The van der Waals surface area contributed by atoms with E-state index >= 15 is 0 Å². The molecule has 2 atom stereocenters. The van der Waals surface area contributed by atoms with E-state index in [1.54, 1.807) is 6.92 Å². The molecule has 1 fully saturated rings. The summed E-state index contributed by atoms with van der Waals surface area (Å²) in [6, 6.07) is 2.48. The number of amides is 1. The fraction of sp³-hybridized carbons (Fsp3) is 0.571. The first-order valence-electron chi connectivity index (χ1n) is 6.82. The van der Waals surface area contributed by atoms with Crippen molar-refractivity contribution in [1.29, 1.82) is 0 Å². The summed E-state index contributed by atoms with van der Waals surface area (Å²) in [5.74, 6) is -1.46. The first kappa shape index (κ1) is 15.5. The number of carboxylic acids is 1. The summed E-state index contributed by atoms with van der Waals surface area (Å²) in [5.41, 5.74) is -0.884. The average molecular weight is 300 g/mol. The second-order valence-electron chi connectivity index (χ2n) is 5.58. The summed E-state index contributed by atoms with van der Waals surface area (Å²) in [6.07, 6.45) is 0.632. The highest BCUT2D eigenvalue weighted by molar-refractivity contribution is 5.93. The second-order valence-corrected chi connectivity index (χ2v) is 5.58. The van der Waals surface area contributed by atoms with Gasteiger partial charge in [0.1, 0.15) is 5.69 Å². The molecule has 1 saturated carbocycles. The van der Waals surface area contributed by atoms with Gasteiger partial charge in [-0.2, -0.15) is 0 Å². The minimum atomic E-state index is -2.56. The van der Waals surface area contributed by atoms with E-state index < -0.39 is 36.3 Å². The molecular weight excluding hydrogens is 282 g/mol. The van der Waals surface area contributed by atoms with Crippen LogP contribution in [-0.4, -0.2) is 34.0 Å². The predicted molar refractivity (Wildman–Crippen MR) is 71.3 cm³/mol. The molecule has 1 heterocycles. The Morgan fingerprint density at radius 3 is 2.90 bits per heavy atom. The molecule has 1 amide bonds. The van der Waals surface area contributed by atoms with E-state index in [-0.39, 0.29) is 5.69 Å². The molecule has 0 aromatic carbocycles. The lowest BCUT2D eigenvalue weighted by Gasteiger charge is -2.27. The van der Waals surface area contributed by atoms with Crippen LogP contribution < -0.4 is 5.32 Å². The number of aliphatic carboxylic acids is 1. The molecule has 0 bridgehead atoms. The lowest BCUT2D eigenvalue weighted by molar-refractivity contribution is -0.148. The number of carboxylic acid groups (broad SMARTS) is 1. The molecule has 1 aliphatic rings. The average Bonchev–Trinajstić information content (AvgIpc) is 2.97. The quantitative estimate of drug-likeness (QED) is 0.875. The summed E-state index contributed by atoms with van der Waals surface area (Å²) < 4.78 is 26.1. The maximum atomic E-state index is 12.4. The smallest absolute Gasteiger partial charge is 0.311 e. The maximum absolute atomic E-state index is 12.4. The molecule has 2 rings (SSSR count). The van der Waals surface area contributed by atoms with Gasteiger partial charge in [0.25, 0.3) is 12.3 Å². The highest BCUT2D eigenvalue weighted by atomic mass is 19.3. The number of alkyl halides is 2. The zero-order chi connectivity index (χ0) is 15.6.